The lowest BCUT2D eigenvalue weighted by atomic mass is 9.71. The van der Waals surface area contributed by atoms with Crippen molar-refractivity contribution in [1.82, 2.24) is 5.32 Å². The fourth-order valence-corrected chi connectivity index (χ4v) is 2.90. The highest BCUT2D eigenvalue weighted by Gasteiger charge is 2.36. The molecule has 1 fully saturated rings. The van der Waals surface area contributed by atoms with E-state index in [9.17, 15) is 9.90 Å². The normalized spacial score (nSPS) is 20.0. The molecule has 0 atom stereocenters. The minimum atomic E-state index is -0.814. The number of nitrogens with two attached hydrogens (primary N) is 1. The average Bonchev–Trinajstić information content (AvgIpc) is 2.40. The van der Waals surface area contributed by atoms with Gasteiger partial charge >= 0.3 is 0 Å². The summed E-state index contributed by atoms with van der Waals surface area (Å²) in [7, 11) is 0. The molecule has 116 valence electrons. The van der Waals surface area contributed by atoms with Crippen LogP contribution in [0.2, 0.25) is 5.02 Å². The van der Waals surface area contributed by atoms with E-state index >= 15 is 0 Å². The van der Waals surface area contributed by atoms with Crippen molar-refractivity contribution in [3.8, 4) is 0 Å². The molecule has 4 nitrogen and oxygen atoms in total. The third-order valence-corrected chi connectivity index (χ3v) is 4.66. The Labute approximate surface area is 130 Å². The fraction of sp³-hybridized carbons (Fsp3) is 0.562. The molecule has 0 radical (unpaired) electrons. The van der Waals surface area contributed by atoms with Crippen LogP contribution in [0.3, 0.4) is 0 Å². The van der Waals surface area contributed by atoms with Crippen LogP contribution in [0.1, 0.15) is 49.9 Å². The van der Waals surface area contributed by atoms with Crippen molar-refractivity contribution < 1.29 is 9.90 Å². The first-order valence-electron chi connectivity index (χ1n) is 7.26. The van der Waals surface area contributed by atoms with Crippen LogP contribution in [-0.2, 0) is 0 Å². The molecule has 1 amide bonds. The number of carbonyl (C=O) groups excluding carboxylic acids is 1. The Bertz CT molecular complexity index is 533. The number of nitrogen functional groups attached to an aromatic ring is 1. The second kappa shape index (κ2) is 5.85. The van der Waals surface area contributed by atoms with Crippen molar-refractivity contribution >= 4 is 23.2 Å². The summed E-state index contributed by atoms with van der Waals surface area (Å²) >= 11 is 6.01. The van der Waals surface area contributed by atoms with Gasteiger partial charge in [-0.25, -0.2) is 0 Å². The van der Waals surface area contributed by atoms with Crippen molar-refractivity contribution in [3.63, 3.8) is 0 Å². The van der Waals surface area contributed by atoms with Gasteiger partial charge in [0.25, 0.3) is 5.91 Å². The predicted octanol–water partition coefficient (Wildman–Crippen LogP) is 2.98. The molecule has 0 aliphatic heterocycles. The summed E-state index contributed by atoms with van der Waals surface area (Å²) in [5, 5.41) is 13.7. The van der Waals surface area contributed by atoms with Crippen molar-refractivity contribution in [2.45, 2.75) is 45.1 Å². The quantitative estimate of drug-likeness (QED) is 0.751. The monoisotopic (exact) mass is 310 g/mol. The third-order valence-electron chi connectivity index (χ3n) is 4.35. The zero-order valence-corrected chi connectivity index (χ0v) is 13.3. The Morgan fingerprint density at radius 1 is 1.33 bits per heavy atom. The van der Waals surface area contributed by atoms with E-state index in [1.54, 1.807) is 18.2 Å². The van der Waals surface area contributed by atoms with Crippen molar-refractivity contribution in [3.05, 3.63) is 28.8 Å². The van der Waals surface area contributed by atoms with E-state index in [2.05, 4.69) is 19.2 Å². The predicted molar refractivity (Wildman–Crippen MR) is 85.4 cm³/mol. The molecule has 1 aromatic rings. The number of anilines is 1. The first-order chi connectivity index (χ1) is 9.71. The fourth-order valence-electron chi connectivity index (χ4n) is 2.62. The van der Waals surface area contributed by atoms with Gasteiger partial charge in [0, 0.05) is 12.2 Å². The van der Waals surface area contributed by atoms with Crippen LogP contribution >= 0.6 is 11.6 Å². The molecule has 1 aliphatic rings. The van der Waals surface area contributed by atoms with E-state index in [1.165, 1.54) is 0 Å². The molecule has 1 aromatic carbocycles. The molecule has 1 aliphatic carbocycles. The number of amides is 1. The molecule has 0 bridgehead atoms. The van der Waals surface area contributed by atoms with Gasteiger partial charge in [0.05, 0.1) is 16.2 Å². The van der Waals surface area contributed by atoms with Gasteiger partial charge in [0.15, 0.2) is 0 Å². The molecule has 4 N–H and O–H groups in total. The largest absolute Gasteiger partial charge is 0.399 e. The van der Waals surface area contributed by atoms with E-state index in [0.717, 1.165) is 12.8 Å². The number of aliphatic hydroxyl groups is 1. The Morgan fingerprint density at radius 3 is 2.52 bits per heavy atom. The topological polar surface area (TPSA) is 75.3 Å². The molecular formula is C16H23ClN2O2. The summed E-state index contributed by atoms with van der Waals surface area (Å²) in [5.74, 6) is -0.279. The first kappa shape index (κ1) is 16.1. The van der Waals surface area contributed by atoms with Gasteiger partial charge in [-0.15, -0.1) is 0 Å². The van der Waals surface area contributed by atoms with Gasteiger partial charge in [0.2, 0.25) is 0 Å². The van der Waals surface area contributed by atoms with E-state index in [4.69, 9.17) is 17.3 Å². The van der Waals surface area contributed by atoms with Crippen molar-refractivity contribution in [2.75, 3.05) is 12.3 Å². The Morgan fingerprint density at radius 2 is 1.95 bits per heavy atom. The molecule has 0 spiro atoms. The van der Waals surface area contributed by atoms with E-state index in [-0.39, 0.29) is 17.9 Å². The lowest BCUT2D eigenvalue weighted by Crippen LogP contribution is -2.46. The number of carbonyl (C=O) groups is 1. The number of halogens is 1. The van der Waals surface area contributed by atoms with Gasteiger partial charge in [-0.2, -0.15) is 0 Å². The van der Waals surface area contributed by atoms with Crippen LogP contribution in [-0.4, -0.2) is 23.2 Å². The van der Waals surface area contributed by atoms with E-state index in [0.29, 0.717) is 29.1 Å². The summed E-state index contributed by atoms with van der Waals surface area (Å²) < 4.78 is 0. The van der Waals surface area contributed by atoms with Crippen LogP contribution in [0.5, 0.6) is 0 Å². The number of benzene rings is 1. The molecular weight excluding hydrogens is 288 g/mol. The molecule has 0 heterocycles. The molecule has 21 heavy (non-hydrogen) atoms. The molecule has 0 aromatic heterocycles. The molecule has 2 rings (SSSR count). The Kier molecular flexibility index (Phi) is 4.49. The lowest BCUT2D eigenvalue weighted by Gasteiger charge is -2.40. The van der Waals surface area contributed by atoms with Crippen LogP contribution in [0.25, 0.3) is 0 Å². The van der Waals surface area contributed by atoms with Gasteiger partial charge < -0.3 is 16.2 Å². The number of hydrogen-bond donors (Lipinski definition) is 3. The number of hydrogen-bond acceptors (Lipinski definition) is 3. The summed E-state index contributed by atoms with van der Waals surface area (Å²) in [6.45, 7) is 4.67. The lowest BCUT2D eigenvalue weighted by molar-refractivity contribution is -0.0233. The van der Waals surface area contributed by atoms with Gasteiger partial charge in [-0.3, -0.25) is 4.79 Å². The van der Waals surface area contributed by atoms with Crippen LogP contribution in [0, 0.1) is 5.41 Å². The summed E-state index contributed by atoms with van der Waals surface area (Å²) in [5.41, 5.74) is 5.97. The van der Waals surface area contributed by atoms with Gasteiger partial charge in [-0.1, -0.05) is 25.4 Å². The Hall–Kier alpha value is -1.26. The highest BCUT2D eigenvalue weighted by molar-refractivity contribution is 6.34. The zero-order chi connectivity index (χ0) is 15.7. The summed E-state index contributed by atoms with van der Waals surface area (Å²) in [4.78, 5) is 12.1. The number of nitrogens with one attached hydrogen (secondary N) is 1. The average molecular weight is 311 g/mol. The molecule has 0 unspecified atom stereocenters. The zero-order valence-electron chi connectivity index (χ0n) is 12.6. The second-order valence-electron chi connectivity index (χ2n) is 6.81. The maximum Gasteiger partial charge on any atom is 0.252 e. The first-order valence-corrected chi connectivity index (χ1v) is 7.64. The second-order valence-corrected chi connectivity index (χ2v) is 7.22. The Balaban J connectivity index is 1.95. The standard InChI is InChI=1S/C16H23ClN2O2/c1-15(2)5-7-16(21,8-6-15)10-19-14(20)12-4-3-11(18)9-13(12)17/h3-4,9,21H,5-8,10,18H2,1-2H3,(H,19,20). The summed E-state index contributed by atoms with van der Waals surface area (Å²) in [6, 6.07) is 4.79. The van der Waals surface area contributed by atoms with E-state index in [1.807, 2.05) is 0 Å². The maximum atomic E-state index is 12.1. The maximum absolute atomic E-state index is 12.1. The smallest absolute Gasteiger partial charge is 0.252 e. The van der Waals surface area contributed by atoms with Crippen molar-refractivity contribution in [2.24, 2.45) is 5.41 Å². The van der Waals surface area contributed by atoms with Crippen LogP contribution in [0.4, 0.5) is 5.69 Å². The summed E-state index contributed by atoms with van der Waals surface area (Å²) in [6.07, 6.45) is 3.33. The third kappa shape index (κ3) is 4.11. The van der Waals surface area contributed by atoms with Gasteiger partial charge in [-0.05, 0) is 49.3 Å². The van der Waals surface area contributed by atoms with Crippen molar-refractivity contribution in [1.29, 1.82) is 0 Å². The van der Waals surface area contributed by atoms with E-state index < -0.39 is 5.60 Å². The number of rotatable bonds is 3. The molecule has 1 saturated carbocycles. The highest BCUT2D eigenvalue weighted by Crippen LogP contribution is 2.39. The van der Waals surface area contributed by atoms with Gasteiger partial charge in [0.1, 0.15) is 0 Å². The highest BCUT2D eigenvalue weighted by atomic mass is 35.5. The van der Waals surface area contributed by atoms with Crippen LogP contribution in [0.15, 0.2) is 18.2 Å². The minimum absolute atomic E-state index is 0.253. The SMILES string of the molecule is CC1(C)CCC(O)(CNC(=O)c2ccc(N)cc2Cl)CC1. The van der Waals surface area contributed by atoms with Crippen LogP contribution < -0.4 is 11.1 Å². The molecule has 0 saturated heterocycles. The molecule has 5 heteroatoms. The minimum Gasteiger partial charge on any atom is -0.399 e.